The molecular weight excluding hydrogens is 302 g/mol. The summed E-state index contributed by atoms with van der Waals surface area (Å²) in [5.74, 6) is 0.675. The minimum absolute atomic E-state index is 0.640. The average Bonchev–Trinajstić information content (AvgIpc) is 3.44. The number of benzene rings is 3. The second-order valence-electron chi connectivity index (χ2n) is 7.14. The van der Waals surface area contributed by atoms with Gasteiger partial charge in [-0.3, -0.25) is 4.90 Å². The highest BCUT2D eigenvalue weighted by atomic mass is 15.2. The number of hydrogen-bond acceptors (Lipinski definition) is 1. The first-order valence-electron chi connectivity index (χ1n) is 9.18. The van der Waals surface area contributed by atoms with Crippen LogP contribution in [0.15, 0.2) is 84.9 Å². The van der Waals surface area contributed by atoms with Crippen molar-refractivity contribution in [3.8, 4) is 0 Å². The average molecular weight is 327 g/mol. The molecule has 0 aromatic heterocycles. The summed E-state index contributed by atoms with van der Waals surface area (Å²) >= 11 is 0. The van der Waals surface area contributed by atoms with Crippen LogP contribution in [0.2, 0.25) is 0 Å². The van der Waals surface area contributed by atoms with Gasteiger partial charge < -0.3 is 0 Å². The number of hydrogen-bond donors (Lipinski definition) is 0. The lowest BCUT2D eigenvalue weighted by Crippen LogP contribution is -2.26. The third-order valence-electron chi connectivity index (χ3n) is 5.27. The first kappa shape index (κ1) is 16.1. The molecular formula is C24H25N. The Hall–Kier alpha value is -2.38. The van der Waals surface area contributed by atoms with Gasteiger partial charge in [-0.25, -0.2) is 0 Å². The van der Waals surface area contributed by atoms with Gasteiger partial charge in [-0.2, -0.15) is 0 Å². The van der Waals surface area contributed by atoms with E-state index in [9.17, 15) is 0 Å². The first-order chi connectivity index (χ1) is 12.3. The standard InChI is InChI=1S/C24H25N/c1-19-10-8-9-15-22(19)23-16-24(23)25(17-20-11-4-2-5-12-20)18-21-13-6-3-7-14-21/h2-15,23-24H,16-18H2,1H3/t23-,24+/m0/s1. The van der Waals surface area contributed by atoms with Gasteiger partial charge in [0.25, 0.3) is 0 Å². The Morgan fingerprint density at radius 1 is 0.720 bits per heavy atom. The summed E-state index contributed by atoms with van der Waals surface area (Å²) in [6.45, 7) is 4.27. The van der Waals surface area contributed by atoms with Gasteiger partial charge in [0.15, 0.2) is 0 Å². The van der Waals surface area contributed by atoms with Crippen LogP contribution in [0.1, 0.15) is 34.6 Å². The molecule has 126 valence electrons. The molecule has 1 nitrogen and oxygen atoms in total. The molecule has 1 heteroatoms. The fourth-order valence-electron chi connectivity index (χ4n) is 3.85. The molecule has 0 radical (unpaired) electrons. The summed E-state index contributed by atoms with van der Waals surface area (Å²) in [7, 11) is 0. The summed E-state index contributed by atoms with van der Waals surface area (Å²) in [6, 6.07) is 31.2. The van der Waals surface area contributed by atoms with Gasteiger partial charge in [0.1, 0.15) is 0 Å². The molecule has 0 unspecified atom stereocenters. The molecule has 1 aliphatic carbocycles. The van der Waals surface area contributed by atoms with Crippen LogP contribution in [0.5, 0.6) is 0 Å². The molecule has 3 aromatic rings. The zero-order chi connectivity index (χ0) is 17.1. The molecule has 3 aromatic carbocycles. The van der Waals surface area contributed by atoms with Crippen molar-refractivity contribution in [2.75, 3.05) is 0 Å². The molecule has 1 aliphatic rings. The van der Waals surface area contributed by atoms with E-state index in [0.29, 0.717) is 12.0 Å². The number of aryl methyl sites for hydroxylation is 1. The van der Waals surface area contributed by atoms with E-state index in [1.807, 2.05) is 0 Å². The third-order valence-corrected chi connectivity index (χ3v) is 5.27. The van der Waals surface area contributed by atoms with Crippen LogP contribution < -0.4 is 0 Å². The van der Waals surface area contributed by atoms with Crippen LogP contribution in [-0.4, -0.2) is 10.9 Å². The van der Waals surface area contributed by atoms with Crippen molar-refractivity contribution < 1.29 is 0 Å². The van der Waals surface area contributed by atoms with E-state index >= 15 is 0 Å². The van der Waals surface area contributed by atoms with Gasteiger partial charge in [0.05, 0.1) is 0 Å². The second kappa shape index (κ2) is 7.25. The molecule has 25 heavy (non-hydrogen) atoms. The van der Waals surface area contributed by atoms with Gasteiger partial charge in [-0.05, 0) is 35.6 Å². The molecule has 2 atom stereocenters. The van der Waals surface area contributed by atoms with Crippen molar-refractivity contribution in [3.63, 3.8) is 0 Å². The van der Waals surface area contributed by atoms with Crippen molar-refractivity contribution >= 4 is 0 Å². The van der Waals surface area contributed by atoms with Crippen molar-refractivity contribution in [1.29, 1.82) is 0 Å². The Morgan fingerprint density at radius 2 is 1.24 bits per heavy atom. The summed E-state index contributed by atoms with van der Waals surface area (Å²) in [6.07, 6.45) is 1.27. The van der Waals surface area contributed by atoms with E-state index in [4.69, 9.17) is 0 Å². The SMILES string of the molecule is Cc1ccccc1[C@@H]1C[C@H]1N(Cc1ccccc1)Cc1ccccc1. The van der Waals surface area contributed by atoms with E-state index in [1.165, 1.54) is 28.7 Å². The van der Waals surface area contributed by atoms with E-state index < -0.39 is 0 Å². The van der Waals surface area contributed by atoms with E-state index in [1.54, 1.807) is 0 Å². The van der Waals surface area contributed by atoms with E-state index in [0.717, 1.165) is 13.1 Å². The third kappa shape index (κ3) is 3.83. The van der Waals surface area contributed by atoms with Crippen molar-refractivity contribution in [2.24, 2.45) is 0 Å². The Balaban J connectivity index is 1.55. The topological polar surface area (TPSA) is 3.24 Å². The lowest BCUT2D eigenvalue weighted by molar-refractivity contribution is 0.241. The van der Waals surface area contributed by atoms with Crippen LogP contribution in [0.25, 0.3) is 0 Å². The Kier molecular flexibility index (Phi) is 4.67. The monoisotopic (exact) mass is 327 g/mol. The Labute approximate surface area is 150 Å². The zero-order valence-electron chi connectivity index (χ0n) is 14.8. The maximum atomic E-state index is 2.65. The minimum atomic E-state index is 0.640. The number of rotatable bonds is 6. The maximum absolute atomic E-state index is 2.65. The second-order valence-corrected chi connectivity index (χ2v) is 7.14. The van der Waals surface area contributed by atoms with Crippen LogP contribution in [0, 0.1) is 6.92 Å². The number of nitrogens with zero attached hydrogens (tertiary/aromatic N) is 1. The molecule has 0 saturated heterocycles. The zero-order valence-corrected chi connectivity index (χ0v) is 14.8. The predicted molar refractivity (Wildman–Crippen MR) is 104 cm³/mol. The highest BCUT2D eigenvalue weighted by molar-refractivity contribution is 5.35. The van der Waals surface area contributed by atoms with E-state index in [2.05, 4.69) is 96.8 Å². The summed E-state index contributed by atoms with van der Waals surface area (Å²) in [5.41, 5.74) is 5.75. The lowest BCUT2D eigenvalue weighted by Gasteiger charge is -2.23. The highest BCUT2D eigenvalue weighted by Crippen LogP contribution is 2.46. The van der Waals surface area contributed by atoms with Crippen molar-refractivity contribution in [1.82, 2.24) is 4.90 Å². The molecule has 0 heterocycles. The fourth-order valence-corrected chi connectivity index (χ4v) is 3.85. The minimum Gasteiger partial charge on any atom is -0.291 e. The molecule has 4 rings (SSSR count). The molecule has 0 aliphatic heterocycles. The molecule has 0 bridgehead atoms. The largest absolute Gasteiger partial charge is 0.291 e. The molecule has 1 saturated carbocycles. The fraction of sp³-hybridized carbons (Fsp3) is 0.250. The summed E-state index contributed by atoms with van der Waals surface area (Å²) in [4.78, 5) is 2.65. The van der Waals surface area contributed by atoms with Crippen LogP contribution in [-0.2, 0) is 13.1 Å². The van der Waals surface area contributed by atoms with Gasteiger partial charge in [0.2, 0.25) is 0 Å². The normalized spacial score (nSPS) is 19.1. The summed E-state index contributed by atoms with van der Waals surface area (Å²) in [5, 5.41) is 0. The van der Waals surface area contributed by atoms with Crippen LogP contribution >= 0.6 is 0 Å². The smallest absolute Gasteiger partial charge is 0.0240 e. The Morgan fingerprint density at radius 3 is 1.80 bits per heavy atom. The Bertz CT molecular complexity index is 768. The molecule has 0 spiro atoms. The predicted octanol–water partition coefficient (Wildman–Crippen LogP) is 5.55. The van der Waals surface area contributed by atoms with Crippen LogP contribution in [0.4, 0.5) is 0 Å². The highest BCUT2D eigenvalue weighted by Gasteiger charge is 2.43. The molecule has 1 fully saturated rings. The quantitative estimate of drug-likeness (QED) is 0.573. The maximum Gasteiger partial charge on any atom is 0.0240 e. The molecule has 0 N–H and O–H groups in total. The molecule has 0 amide bonds. The van der Waals surface area contributed by atoms with E-state index in [-0.39, 0.29) is 0 Å². The van der Waals surface area contributed by atoms with Crippen molar-refractivity contribution in [3.05, 3.63) is 107 Å². The van der Waals surface area contributed by atoms with Gasteiger partial charge in [-0.15, -0.1) is 0 Å². The van der Waals surface area contributed by atoms with Crippen molar-refractivity contribution in [2.45, 2.75) is 38.4 Å². The van der Waals surface area contributed by atoms with Crippen LogP contribution in [0.3, 0.4) is 0 Å². The van der Waals surface area contributed by atoms with Gasteiger partial charge >= 0.3 is 0 Å². The summed E-state index contributed by atoms with van der Waals surface area (Å²) < 4.78 is 0. The first-order valence-corrected chi connectivity index (χ1v) is 9.18. The van der Waals surface area contributed by atoms with Gasteiger partial charge in [0, 0.05) is 25.0 Å². The van der Waals surface area contributed by atoms with Gasteiger partial charge in [-0.1, -0.05) is 84.9 Å². The lowest BCUT2D eigenvalue weighted by atomic mass is 10.0.